The smallest absolute Gasteiger partial charge is 0.222 e. The summed E-state index contributed by atoms with van der Waals surface area (Å²) < 4.78 is 14.0. The number of amides is 1. The van der Waals surface area contributed by atoms with Crippen molar-refractivity contribution in [3.8, 4) is 0 Å². The number of para-hydroxylation sites is 1. The molecule has 2 aliphatic heterocycles. The summed E-state index contributed by atoms with van der Waals surface area (Å²) in [4.78, 5) is 23.2. The molecule has 0 atom stereocenters. The number of guanidine groups is 1. The average molecular weight is 531 g/mol. The predicted octanol–water partition coefficient (Wildman–Crippen LogP) is 3.32. The zero-order valence-electron chi connectivity index (χ0n) is 18.0. The first kappa shape index (κ1) is 24.7. The molecular weight excluding hydrogens is 496 g/mol. The van der Waals surface area contributed by atoms with E-state index in [1.807, 2.05) is 17.0 Å². The Morgan fingerprint density at radius 1 is 1.10 bits per heavy atom. The lowest BCUT2D eigenvalue weighted by molar-refractivity contribution is -0.130. The first-order valence-electron chi connectivity index (χ1n) is 11.0. The second-order valence-electron chi connectivity index (χ2n) is 7.71. The molecule has 2 aliphatic rings. The number of hydrogen-bond donors (Lipinski definition) is 1. The molecule has 6 nitrogen and oxygen atoms in total. The maximum Gasteiger partial charge on any atom is 0.222 e. The summed E-state index contributed by atoms with van der Waals surface area (Å²) in [6.45, 7) is 8.44. The van der Waals surface area contributed by atoms with E-state index in [1.54, 1.807) is 6.07 Å². The SMILES string of the molecule is CCNC(=NCCCN1CCCCCC1=O)N1CCN(c2ccccc2F)CC1.I. The summed E-state index contributed by atoms with van der Waals surface area (Å²) in [5.41, 5.74) is 0.677. The molecule has 1 aromatic rings. The van der Waals surface area contributed by atoms with Crippen LogP contribution in [0.4, 0.5) is 10.1 Å². The molecule has 0 radical (unpaired) electrons. The van der Waals surface area contributed by atoms with Gasteiger partial charge in [-0.3, -0.25) is 9.79 Å². The second kappa shape index (κ2) is 13.0. The highest BCUT2D eigenvalue weighted by molar-refractivity contribution is 14.0. The van der Waals surface area contributed by atoms with E-state index in [9.17, 15) is 9.18 Å². The fraction of sp³-hybridized carbons (Fsp3) is 0.636. The molecule has 1 amide bonds. The molecular formula is C22H35FIN5O. The van der Waals surface area contributed by atoms with Gasteiger partial charge in [-0.15, -0.1) is 24.0 Å². The van der Waals surface area contributed by atoms with E-state index < -0.39 is 0 Å². The molecule has 2 heterocycles. The van der Waals surface area contributed by atoms with Crippen LogP contribution in [0.2, 0.25) is 0 Å². The van der Waals surface area contributed by atoms with Crippen molar-refractivity contribution in [3.63, 3.8) is 0 Å². The topological polar surface area (TPSA) is 51.2 Å². The molecule has 2 saturated heterocycles. The molecule has 3 rings (SSSR count). The first-order valence-corrected chi connectivity index (χ1v) is 11.0. The predicted molar refractivity (Wildman–Crippen MR) is 131 cm³/mol. The molecule has 0 unspecified atom stereocenters. The number of halogens is 2. The molecule has 2 fully saturated rings. The highest BCUT2D eigenvalue weighted by Gasteiger charge is 2.21. The Kier molecular flexibility index (Phi) is 10.7. The lowest BCUT2D eigenvalue weighted by Gasteiger charge is -2.37. The van der Waals surface area contributed by atoms with Gasteiger partial charge in [-0.05, 0) is 38.3 Å². The molecule has 0 saturated carbocycles. The van der Waals surface area contributed by atoms with Gasteiger partial charge in [0.2, 0.25) is 5.91 Å². The van der Waals surface area contributed by atoms with Gasteiger partial charge in [0.1, 0.15) is 5.82 Å². The largest absolute Gasteiger partial charge is 0.366 e. The van der Waals surface area contributed by atoms with Gasteiger partial charge in [-0.2, -0.15) is 0 Å². The maximum absolute atomic E-state index is 14.0. The number of piperazine rings is 1. The van der Waals surface area contributed by atoms with Gasteiger partial charge in [0.25, 0.3) is 0 Å². The lowest BCUT2D eigenvalue weighted by atomic mass is 10.2. The summed E-state index contributed by atoms with van der Waals surface area (Å²) in [6, 6.07) is 6.96. The number of rotatable bonds is 6. The van der Waals surface area contributed by atoms with Crippen molar-refractivity contribution >= 4 is 41.5 Å². The van der Waals surface area contributed by atoms with Gasteiger partial charge in [0, 0.05) is 58.8 Å². The number of carbonyl (C=O) groups is 1. The van der Waals surface area contributed by atoms with Gasteiger partial charge in [0.05, 0.1) is 5.69 Å². The van der Waals surface area contributed by atoms with E-state index in [0.29, 0.717) is 24.6 Å². The molecule has 1 aromatic carbocycles. The van der Waals surface area contributed by atoms with Crippen LogP contribution in [0, 0.1) is 5.82 Å². The summed E-state index contributed by atoms with van der Waals surface area (Å²) in [6.07, 6.45) is 4.87. The molecule has 0 aliphatic carbocycles. The number of anilines is 1. The number of carbonyl (C=O) groups excluding carboxylic acids is 1. The molecule has 0 bridgehead atoms. The van der Waals surface area contributed by atoms with Crippen LogP contribution in [0.5, 0.6) is 0 Å². The highest BCUT2D eigenvalue weighted by atomic mass is 127. The molecule has 0 spiro atoms. The zero-order valence-corrected chi connectivity index (χ0v) is 20.3. The summed E-state index contributed by atoms with van der Waals surface area (Å²) in [5, 5.41) is 3.38. The van der Waals surface area contributed by atoms with E-state index in [4.69, 9.17) is 4.99 Å². The number of nitrogens with one attached hydrogen (secondary N) is 1. The fourth-order valence-corrected chi connectivity index (χ4v) is 4.01. The number of likely N-dealkylation sites (tertiary alicyclic amines) is 1. The van der Waals surface area contributed by atoms with Crippen LogP contribution < -0.4 is 10.2 Å². The highest BCUT2D eigenvalue weighted by Crippen LogP contribution is 2.20. The lowest BCUT2D eigenvalue weighted by Crippen LogP contribution is -2.52. The average Bonchev–Trinajstić information content (AvgIpc) is 2.95. The monoisotopic (exact) mass is 531 g/mol. The minimum absolute atomic E-state index is 0. The summed E-state index contributed by atoms with van der Waals surface area (Å²) in [7, 11) is 0. The van der Waals surface area contributed by atoms with Gasteiger partial charge in [0.15, 0.2) is 5.96 Å². The van der Waals surface area contributed by atoms with Crippen molar-refractivity contribution in [2.24, 2.45) is 4.99 Å². The Labute approximate surface area is 196 Å². The Bertz CT molecular complexity index is 694. The van der Waals surface area contributed by atoms with Crippen LogP contribution in [-0.4, -0.2) is 74.0 Å². The second-order valence-corrected chi connectivity index (χ2v) is 7.71. The van der Waals surface area contributed by atoms with E-state index in [-0.39, 0.29) is 29.8 Å². The molecule has 0 aromatic heterocycles. The minimum atomic E-state index is -0.162. The number of benzene rings is 1. The minimum Gasteiger partial charge on any atom is -0.366 e. The van der Waals surface area contributed by atoms with Crippen LogP contribution in [0.3, 0.4) is 0 Å². The third-order valence-corrected chi connectivity index (χ3v) is 5.63. The van der Waals surface area contributed by atoms with E-state index in [2.05, 4.69) is 22.0 Å². The van der Waals surface area contributed by atoms with Gasteiger partial charge < -0.3 is 20.0 Å². The van der Waals surface area contributed by atoms with Crippen molar-refractivity contribution < 1.29 is 9.18 Å². The van der Waals surface area contributed by atoms with Crippen molar-refractivity contribution in [1.29, 1.82) is 0 Å². The van der Waals surface area contributed by atoms with Gasteiger partial charge in [-0.25, -0.2) is 4.39 Å². The van der Waals surface area contributed by atoms with Crippen LogP contribution >= 0.6 is 24.0 Å². The summed E-state index contributed by atoms with van der Waals surface area (Å²) in [5.74, 6) is 1.05. The Morgan fingerprint density at radius 2 is 1.87 bits per heavy atom. The van der Waals surface area contributed by atoms with E-state index in [1.165, 1.54) is 6.07 Å². The van der Waals surface area contributed by atoms with Crippen molar-refractivity contribution in [2.75, 3.05) is 57.3 Å². The Hall–Kier alpha value is -1.58. The van der Waals surface area contributed by atoms with Gasteiger partial charge >= 0.3 is 0 Å². The summed E-state index contributed by atoms with van der Waals surface area (Å²) >= 11 is 0. The Morgan fingerprint density at radius 3 is 2.60 bits per heavy atom. The fourth-order valence-electron chi connectivity index (χ4n) is 4.01. The van der Waals surface area contributed by atoms with Gasteiger partial charge in [-0.1, -0.05) is 18.6 Å². The first-order chi connectivity index (χ1) is 14.2. The number of aliphatic imine (C=N–C) groups is 1. The van der Waals surface area contributed by atoms with Crippen molar-refractivity contribution in [3.05, 3.63) is 30.1 Å². The van der Waals surface area contributed by atoms with Crippen molar-refractivity contribution in [2.45, 2.75) is 39.0 Å². The Balaban J connectivity index is 0.00000320. The third-order valence-electron chi connectivity index (χ3n) is 5.63. The van der Waals surface area contributed by atoms with Crippen LogP contribution in [0.1, 0.15) is 39.0 Å². The molecule has 30 heavy (non-hydrogen) atoms. The number of nitrogens with zero attached hydrogens (tertiary/aromatic N) is 4. The number of hydrogen-bond acceptors (Lipinski definition) is 3. The normalized spacial score (nSPS) is 18.1. The van der Waals surface area contributed by atoms with Crippen LogP contribution in [0.15, 0.2) is 29.3 Å². The molecule has 168 valence electrons. The van der Waals surface area contributed by atoms with Crippen LogP contribution in [0.25, 0.3) is 0 Å². The van der Waals surface area contributed by atoms with Crippen molar-refractivity contribution in [1.82, 2.24) is 15.1 Å². The maximum atomic E-state index is 14.0. The van der Waals surface area contributed by atoms with Crippen LogP contribution in [-0.2, 0) is 4.79 Å². The van der Waals surface area contributed by atoms with E-state index in [0.717, 1.165) is 77.5 Å². The molecule has 1 N–H and O–H groups in total. The quantitative estimate of drug-likeness (QED) is 0.265. The van der Waals surface area contributed by atoms with E-state index >= 15 is 0 Å². The molecule has 8 heteroatoms. The third kappa shape index (κ3) is 6.99. The zero-order chi connectivity index (χ0) is 20.5. The standard InChI is InChI=1S/C22H34FN5O.HI/c1-2-24-22(25-12-8-14-27-13-7-3-4-11-21(27)29)28-17-15-26(16-18-28)20-10-6-5-9-19(20)23;/h5-6,9-10H,2-4,7-8,11-18H2,1H3,(H,24,25);1H.